The van der Waals surface area contributed by atoms with E-state index >= 15 is 0 Å². The van der Waals surface area contributed by atoms with Gasteiger partial charge in [-0.3, -0.25) is 4.72 Å². The van der Waals surface area contributed by atoms with Gasteiger partial charge < -0.3 is 9.51 Å². The van der Waals surface area contributed by atoms with Gasteiger partial charge in [-0.1, -0.05) is 54.5 Å². The number of hydrogen-bond donors (Lipinski definition) is 2. The Labute approximate surface area is 221 Å². The second-order valence-electron chi connectivity index (χ2n) is 9.21. The highest BCUT2D eigenvalue weighted by Crippen LogP contribution is 2.37. The second-order valence-corrected chi connectivity index (χ2v) is 10.9. The van der Waals surface area contributed by atoms with E-state index < -0.39 is 32.4 Å². The summed E-state index contributed by atoms with van der Waals surface area (Å²) in [7, 11) is -4.29. The van der Waals surface area contributed by atoms with Crippen LogP contribution in [0.3, 0.4) is 0 Å². The molecule has 0 aliphatic rings. The number of H-pyrrole nitrogens is 1. The van der Waals surface area contributed by atoms with Crippen LogP contribution in [0.25, 0.3) is 33.0 Å². The predicted molar refractivity (Wildman–Crippen MR) is 142 cm³/mol. The third-order valence-corrected chi connectivity index (χ3v) is 8.09. The molecule has 0 saturated carbocycles. The molecule has 0 radical (unpaired) electrons. The summed E-state index contributed by atoms with van der Waals surface area (Å²) in [6.45, 7) is 2.04. The molecule has 0 aliphatic heterocycles. The maximum atomic E-state index is 14.8. The summed E-state index contributed by atoms with van der Waals surface area (Å²) >= 11 is 0. The van der Waals surface area contributed by atoms with Gasteiger partial charge in [-0.2, -0.15) is 0 Å². The highest BCUT2D eigenvalue weighted by atomic mass is 32.2. The number of fused-ring (bicyclic) bond motifs is 2. The fraction of sp³-hybridized carbons (Fsp3) is 0.0690. The van der Waals surface area contributed by atoms with E-state index in [2.05, 4.69) is 27.0 Å². The molecule has 0 aliphatic carbocycles. The van der Waals surface area contributed by atoms with Crippen LogP contribution in [0.15, 0.2) is 94.5 Å². The largest absolute Gasteiger partial charge is 0.360 e. The van der Waals surface area contributed by atoms with Crippen molar-refractivity contribution in [3.05, 3.63) is 114 Å². The van der Waals surface area contributed by atoms with Crippen LogP contribution in [0.5, 0.6) is 0 Å². The van der Waals surface area contributed by atoms with Crippen LogP contribution in [0.1, 0.15) is 24.0 Å². The molecule has 2 heterocycles. The molecule has 1 unspecified atom stereocenters. The van der Waals surface area contributed by atoms with Crippen molar-refractivity contribution in [2.45, 2.75) is 17.7 Å². The third kappa shape index (κ3) is 4.52. The third-order valence-electron chi connectivity index (χ3n) is 6.74. The Morgan fingerprint density at radius 3 is 2.49 bits per heavy atom. The molecule has 10 heteroatoms. The second kappa shape index (κ2) is 9.32. The quantitative estimate of drug-likeness (QED) is 0.228. The minimum absolute atomic E-state index is 0.0637. The minimum Gasteiger partial charge on any atom is -0.360 e. The summed E-state index contributed by atoms with van der Waals surface area (Å²) in [6, 6.07) is 20.5. The summed E-state index contributed by atoms with van der Waals surface area (Å²) < 4.78 is 74.4. The summed E-state index contributed by atoms with van der Waals surface area (Å²) in [5.74, 6) is -3.15. The first-order valence-corrected chi connectivity index (χ1v) is 13.4. The molecule has 0 bridgehead atoms. The highest BCUT2D eigenvalue weighted by molar-refractivity contribution is 7.92. The average molecular weight is 548 g/mol. The molecule has 2 aromatic heterocycles. The van der Waals surface area contributed by atoms with Crippen molar-refractivity contribution < 1.29 is 26.1 Å². The van der Waals surface area contributed by atoms with Gasteiger partial charge in [0.1, 0.15) is 5.82 Å². The van der Waals surface area contributed by atoms with E-state index in [0.29, 0.717) is 28.6 Å². The van der Waals surface area contributed by atoms with E-state index in [1.807, 2.05) is 43.5 Å². The topological polar surface area (TPSA) is 88.0 Å². The maximum absolute atomic E-state index is 14.8. The van der Waals surface area contributed by atoms with Crippen LogP contribution in [0.2, 0.25) is 0 Å². The SMILES string of the molecule is CC(c1ccc2ccccc2c1)c1c[nH]c2c(-c3cc(NS(=O)(=O)c4ccc(F)c(F)c4)no3)cc(F)cc12. The number of benzene rings is 4. The number of nitrogens with one attached hydrogen (secondary N) is 2. The molecular weight excluding hydrogens is 527 g/mol. The van der Waals surface area contributed by atoms with Gasteiger partial charge in [0.15, 0.2) is 23.2 Å². The van der Waals surface area contributed by atoms with Gasteiger partial charge in [-0.15, -0.1) is 0 Å². The molecule has 39 heavy (non-hydrogen) atoms. The predicted octanol–water partition coefficient (Wildman–Crippen LogP) is 7.35. The molecule has 0 saturated heterocycles. The van der Waals surface area contributed by atoms with Gasteiger partial charge >= 0.3 is 0 Å². The van der Waals surface area contributed by atoms with E-state index in [1.54, 1.807) is 0 Å². The Morgan fingerprint density at radius 2 is 1.69 bits per heavy atom. The molecular formula is C29H20F3N3O3S. The van der Waals surface area contributed by atoms with E-state index in [4.69, 9.17) is 4.52 Å². The van der Waals surface area contributed by atoms with Crippen LogP contribution < -0.4 is 4.72 Å². The Morgan fingerprint density at radius 1 is 0.897 bits per heavy atom. The summed E-state index contributed by atoms with van der Waals surface area (Å²) in [6.07, 6.45) is 1.82. The first-order chi connectivity index (χ1) is 18.7. The zero-order chi connectivity index (χ0) is 27.3. The summed E-state index contributed by atoms with van der Waals surface area (Å²) in [5, 5.41) is 6.61. The number of rotatable bonds is 6. The van der Waals surface area contributed by atoms with Gasteiger partial charge in [0, 0.05) is 29.1 Å². The van der Waals surface area contributed by atoms with Crippen molar-refractivity contribution in [1.29, 1.82) is 0 Å². The standard InChI is InChI=1S/C29H20F3N3O3S/c1-16(18-7-6-17-4-2-3-5-19(17)10-18)24-15-33-29-22(24)11-20(30)12-23(29)27-14-28(34-38-27)35-39(36,37)21-8-9-25(31)26(32)13-21/h2-16,33H,1H3,(H,34,35). The van der Waals surface area contributed by atoms with Gasteiger partial charge in [0.25, 0.3) is 10.0 Å². The van der Waals surface area contributed by atoms with E-state index in [-0.39, 0.29) is 17.5 Å². The van der Waals surface area contributed by atoms with Crippen LogP contribution in [-0.4, -0.2) is 18.6 Å². The van der Waals surface area contributed by atoms with Crippen LogP contribution in [-0.2, 0) is 10.0 Å². The summed E-state index contributed by atoms with van der Waals surface area (Å²) in [4.78, 5) is 2.70. The lowest BCUT2D eigenvalue weighted by atomic mass is 9.91. The number of anilines is 1. The molecule has 6 rings (SSSR count). The van der Waals surface area contributed by atoms with Gasteiger partial charge in [-0.25, -0.2) is 21.6 Å². The Balaban J connectivity index is 1.34. The molecule has 0 spiro atoms. The van der Waals surface area contributed by atoms with E-state index in [1.165, 1.54) is 18.2 Å². The molecule has 4 aromatic carbocycles. The maximum Gasteiger partial charge on any atom is 0.263 e. The van der Waals surface area contributed by atoms with Gasteiger partial charge in [-0.05, 0) is 52.2 Å². The number of nitrogens with zero attached hydrogens (tertiary/aromatic N) is 1. The lowest BCUT2D eigenvalue weighted by molar-refractivity contribution is 0.435. The molecule has 6 nitrogen and oxygen atoms in total. The van der Waals surface area contributed by atoms with Crippen LogP contribution >= 0.6 is 0 Å². The van der Waals surface area contributed by atoms with Crippen LogP contribution in [0.4, 0.5) is 19.0 Å². The zero-order valence-electron chi connectivity index (χ0n) is 20.4. The summed E-state index contributed by atoms with van der Waals surface area (Å²) in [5.41, 5.74) is 2.87. The highest BCUT2D eigenvalue weighted by Gasteiger charge is 2.22. The van der Waals surface area contributed by atoms with E-state index in [0.717, 1.165) is 28.0 Å². The monoisotopic (exact) mass is 547 g/mol. The zero-order valence-corrected chi connectivity index (χ0v) is 21.2. The van der Waals surface area contributed by atoms with Crippen molar-refractivity contribution in [3.8, 4) is 11.3 Å². The fourth-order valence-corrected chi connectivity index (χ4v) is 5.71. The number of aromatic nitrogens is 2. The smallest absolute Gasteiger partial charge is 0.263 e. The molecule has 0 amide bonds. The average Bonchev–Trinajstić information content (AvgIpc) is 3.56. The Bertz CT molecular complexity index is 1980. The lowest BCUT2D eigenvalue weighted by Crippen LogP contribution is -2.13. The Hall–Kier alpha value is -4.57. The first-order valence-electron chi connectivity index (χ1n) is 11.9. The lowest BCUT2D eigenvalue weighted by Gasteiger charge is -2.13. The number of halogens is 3. The fourth-order valence-electron chi connectivity index (χ4n) is 4.72. The minimum atomic E-state index is -4.29. The molecule has 196 valence electrons. The van der Waals surface area contributed by atoms with Gasteiger partial charge in [0.05, 0.1) is 10.4 Å². The van der Waals surface area contributed by atoms with E-state index in [9.17, 15) is 21.6 Å². The van der Waals surface area contributed by atoms with Gasteiger partial charge in [0.2, 0.25) is 0 Å². The van der Waals surface area contributed by atoms with Crippen molar-refractivity contribution >= 4 is 37.5 Å². The Kier molecular flexibility index (Phi) is 5.91. The molecule has 0 fully saturated rings. The molecule has 1 atom stereocenters. The number of sulfonamides is 1. The van der Waals surface area contributed by atoms with Crippen molar-refractivity contribution in [2.24, 2.45) is 0 Å². The van der Waals surface area contributed by atoms with Crippen molar-refractivity contribution in [3.63, 3.8) is 0 Å². The number of hydrogen-bond acceptors (Lipinski definition) is 4. The first kappa shape index (κ1) is 24.7. The molecule has 2 N–H and O–H groups in total. The van der Waals surface area contributed by atoms with Crippen molar-refractivity contribution in [2.75, 3.05) is 4.72 Å². The van der Waals surface area contributed by atoms with Crippen molar-refractivity contribution in [1.82, 2.24) is 10.1 Å². The number of aromatic amines is 1. The molecule has 6 aromatic rings. The normalized spacial score (nSPS) is 12.7. The van der Waals surface area contributed by atoms with Crippen LogP contribution in [0, 0.1) is 17.5 Å².